The molecule has 2 amide bonds. The average molecular weight is 542 g/mol. The minimum atomic E-state index is -4.35. The molecular formula is C27H31N3O7S. The van der Waals surface area contributed by atoms with Gasteiger partial charge >= 0.3 is 6.09 Å². The molecule has 3 aromatic rings. The Kier molecular flexibility index (Phi) is 10.4. The Bertz CT molecular complexity index is 1290. The van der Waals surface area contributed by atoms with Crippen LogP contribution in [0.2, 0.25) is 0 Å². The van der Waals surface area contributed by atoms with Crippen molar-refractivity contribution >= 4 is 22.0 Å². The van der Waals surface area contributed by atoms with E-state index in [4.69, 9.17) is 9.57 Å². The van der Waals surface area contributed by atoms with Crippen molar-refractivity contribution in [2.75, 3.05) is 6.54 Å². The third-order valence-electron chi connectivity index (χ3n) is 5.38. The number of hydrogen-bond acceptors (Lipinski definition) is 7. The normalized spacial score (nSPS) is 12.2. The Morgan fingerprint density at radius 1 is 0.895 bits per heavy atom. The van der Waals surface area contributed by atoms with Crippen LogP contribution in [0.3, 0.4) is 0 Å². The fourth-order valence-electron chi connectivity index (χ4n) is 3.55. The molecule has 0 saturated carbocycles. The summed E-state index contributed by atoms with van der Waals surface area (Å²) < 4.78 is 32.8. The molecule has 0 aromatic heterocycles. The van der Waals surface area contributed by atoms with E-state index in [0.29, 0.717) is 4.47 Å². The smallest absolute Gasteiger partial charge is 0.407 e. The van der Waals surface area contributed by atoms with Gasteiger partial charge in [0.1, 0.15) is 12.6 Å². The summed E-state index contributed by atoms with van der Waals surface area (Å²) in [6.07, 6.45) is -1.57. The zero-order chi connectivity index (χ0) is 27.5. The second-order valence-electron chi connectivity index (χ2n) is 8.57. The van der Waals surface area contributed by atoms with E-state index in [-0.39, 0.29) is 24.5 Å². The lowest BCUT2D eigenvalue weighted by Gasteiger charge is -2.30. The maximum Gasteiger partial charge on any atom is 0.407 e. The molecule has 3 N–H and O–H groups in total. The van der Waals surface area contributed by atoms with Crippen LogP contribution >= 0.6 is 0 Å². The van der Waals surface area contributed by atoms with Gasteiger partial charge in [0.15, 0.2) is 0 Å². The minimum absolute atomic E-state index is 0.0448. The second kappa shape index (κ2) is 13.7. The molecule has 0 heterocycles. The van der Waals surface area contributed by atoms with E-state index in [1.165, 1.54) is 17.6 Å². The Balaban J connectivity index is 1.74. The Morgan fingerprint density at radius 2 is 1.47 bits per heavy atom. The molecule has 0 fully saturated rings. The highest BCUT2D eigenvalue weighted by atomic mass is 32.2. The maximum atomic E-state index is 13.6. The number of carbonyl (C=O) groups excluding carboxylic acids is 2. The summed E-state index contributed by atoms with van der Waals surface area (Å²) in [5, 5.41) is 11.8. The monoisotopic (exact) mass is 541 g/mol. The van der Waals surface area contributed by atoms with E-state index in [1.54, 1.807) is 38.1 Å². The molecular weight excluding hydrogens is 510 g/mol. The van der Waals surface area contributed by atoms with Crippen molar-refractivity contribution < 1.29 is 32.8 Å². The van der Waals surface area contributed by atoms with Gasteiger partial charge in [-0.15, -0.1) is 0 Å². The summed E-state index contributed by atoms with van der Waals surface area (Å²) in [7, 11) is -4.35. The number of nitrogens with zero attached hydrogens (tertiary/aromatic N) is 1. The first-order valence-electron chi connectivity index (χ1n) is 12.0. The third kappa shape index (κ3) is 7.86. The predicted molar refractivity (Wildman–Crippen MR) is 140 cm³/mol. The van der Waals surface area contributed by atoms with Crippen LogP contribution in [0.4, 0.5) is 4.79 Å². The predicted octanol–water partition coefficient (Wildman–Crippen LogP) is 3.87. The van der Waals surface area contributed by atoms with E-state index >= 15 is 0 Å². The number of benzene rings is 3. The van der Waals surface area contributed by atoms with Gasteiger partial charge in [-0.25, -0.2) is 18.7 Å². The lowest BCUT2D eigenvalue weighted by Crippen LogP contribution is -2.51. The molecule has 0 spiro atoms. The van der Waals surface area contributed by atoms with Gasteiger partial charge in [0.05, 0.1) is 11.0 Å². The van der Waals surface area contributed by atoms with Gasteiger partial charge in [-0.1, -0.05) is 77.3 Å². The average Bonchev–Trinajstić information content (AvgIpc) is 2.93. The van der Waals surface area contributed by atoms with Crippen molar-refractivity contribution in [2.24, 2.45) is 0 Å². The molecule has 0 saturated heterocycles. The van der Waals surface area contributed by atoms with Crippen molar-refractivity contribution in [1.29, 1.82) is 0 Å². The Labute approximate surface area is 222 Å². The van der Waals surface area contributed by atoms with Crippen LogP contribution < -0.4 is 10.8 Å². The third-order valence-corrected chi connectivity index (χ3v) is 7.06. The lowest BCUT2D eigenvalue weighted by molar-refractivity contribution is -0.166. The zero-order valence-electron chi connectivity index (χ0n) is 21.1. The van der Waals surface area contributed by atoms with E-state index in [1.807, 2.05) is 48.5 Å². The SMILES string of the molecule is CC(C)ON(C(CCNC(=O)OCc1ccccc1)C(=O)NO)S(=O)(=O)c1ccc(-c2ccccc2)cc1. The molecule has 3 aromatic carbocycles. The molecule has 0 radical (unpaired) electrons. The van der Waals surface area contributed by atoms with Crippen molar-refractivity contribution in [1.82, 2.24) is 15.3 Å². The van der Waals surface area contributed by atoms with Gasteiger partial charge in [0.2, 0.25) is 0 Å². The van der Waals surface area contributed by atoms with Crippen molar-refractivity contribution in [3.05, 3.63) is 90.5 Å². The summed E-state index contributed by atoms with van der Waals surface area (Å²) in [5.41, 5.74) is 4.00. The van der Waals surface area contributed by atoms with Gasteiger partial charge in [-0.3, -0.25) is 14.8 Å². The molecule has 0 aliphatic carbocycles. The molecule has 38 heavy (non-hydrogen) atoms. The van der Waals surface area contributed by atoms with Crippen LogP contribution in [0.25, 0.3) is 11.1 Å². The van der Waals surface area contributed by atoms with Crippen molar-refractivity contribution in [2.45, 2.75) is 43.9 Å². The van der Waals surface area contributed by atoms with Crippen LogP contribution in [-0.4, -0.2) is 48.8 Å². The summed E-state index contributed by atoms with van der Waals surface area (Å²) >= 11 is 0. The number of hydrogen-bond donors (Lipinski definition) is 3. The zero-order valence-corrected chi connectivity index (χ0v) is 21.9. The van der Waals surface area contributed by atoms with E-state index < -0.39 is 34.2 Å². The number of ether oxygens (including phenoxy) is 1. The number of sulfonamides is 1. The highest BCUT2D eigenvalue weighted by molar-refractivity contribution is 7.89. The molecule has 1 unspecified atom stereocenters. The van der Waals surface area contributed by atoms with Gasteiger partial charge < -0.3 is 10.1 Å². The highest BCUT2D eigenvalue weighted by Gasteiger charge is 2.38. The first-order chi connectivity index (χ1) is 18.2. The van der Waals surface area contributed by atoms with Crippen LogP contribution in [0.5, 0.6) is 0 Å². The van der Waals surface area contributed by atoms with Crippen molar-refractivity contribution in [3.8, 4) is 11.1 Å². The van der Waals surface area contributed by atoms with E-state index in [2.05, 4.69) is 5.32 Å². The van der Waals surface area contributed by atoms with Gasteiger partial charge in [0, 0.05) is 6.54 Å². The molecule has 202 valence electrons. The standard InChI is InChI=1S/C27H31N3O7S/c1-20(2)37-30(38(34,35)24-15-13-23(14-16-24)22-11-7-4-8-12-22)25(26(31)29-33)17-18-28-27(32)36-19-21-9-5-3-6-10-21/h3-16,20,25,33H,17-19H2,1-2H3,(H,28,32)(H,29,31). The van der Waals surface area contributed by atoms with Crippen molar-refractivity contribution in [3.63, 3.8) is 0 Å². The molecule has 0 aliphatic heterocycles. The number of carbonyl (C=O) groups is 2. The second-order valence-corrected chi connectivity index (χ2v) is 10.4. The molecule has 10 nitrogen and oxygen atoms in total. The van der Waals surface area contributed by atoms with Crippen LogP contribution in [0.1, 0.15) is 25.8 Å². The summed E-state index contributed by atoms with van der Waals surface area (Å²) in [5.74, 6) is -1.02. The number of hydroxylamine groups is 2. The number of alkyl carbamates (subject to hydrolysis) is 1. The summed E-state index contributed by atoms with van der Waals surface area (Å²) in [4.78, 5) is 30.1. The lowest BCUT2D eigenvalue weighted by atomic mass is 10.1. The quantitative estimate of drug-likeness (QED) is 0.234. The fraction of sp³-hybridized carbons (Fsp3) is 0.259. The van der Waals surface area contributed by atoms with E-state index in [0.717, 1.165) is 16.7 Å². The molecule has 1 atom stereocenters. The molecule has 3 rings (SSSR count). The Hall–Kier alpha value is -3.77. The van der Waals surface area contributed by atoms with Crippen LogP contribution in [0, 0.1) is 0 Å². The van der Waals surface area contributed by atoms with Crippen LogP contribution in [-0.2, 0) is 31.0 Å². The van der Waals surface area contributed by atoms with Gasteiger partial charge in [0.25, 0.3) is 15.9 Å². The van der Waals surface area contributed by atoms with E-state index in [9.17, 15) is 23.2 Å². The maximum absolute atomic E-state index is 13.6. The highest BCUT2D eigenvalue weighted by Crippen LogP contribution is 2.25. The molecule has 0 aliphatic rings. The Morgan fingerprint density at radius 3 is 2.05 bits per heavy atom. The molecule has 0 bridgehead atoms. The topological polar surface area (TPSA) is 134 Å². The first-order valence-corrected chi connectivity index (χ1v) is 13.4. The van der Waals surface area contributed by atoms with Gasteiger partial charge in [-0.05, 0) is 49.1 Å². The number of amides is 2. The number of rotatable bonds is 12. The first kappa shape index (κ1) is 28.8. The largest absolute Gasteiger partial charge is 0.445 e. The van der Waals surface area contributed by atoms with Gasteiger partial charge in [-0.2, -0.15) is 0 Å². The molecule has 11 heteroatoms. The summed E-state index contributed by atoms with van der Waals surface area (Å²) in [6.45, 7) is 3.12. The van der Waals surface area contributed by atoms with Crippen LogP contribution in [0.15, 0.2) is 89.8 Å². The minimum Gasteiger partial charge on any atom is -0.445 e. The number of nitrogens with one attached hydrogen (secondary N) is 2. The fourth-order valence-corrected chi connectivity index (χ4v) is 5.06. The summed E-state index contributed by atoms with van der Waals surface area (Å²) in [6, 6.07) is 23.2.